The predicted octanol–water partition coefficient (Wildman–Crippen LogP) is 1.85. The van der Waals surface area contributed by atoms with Gasteiger partial charge in [0.05, 0.1) is 6.10 Å². The Balaban J connectivity index is 4.09. The van der Waals surface area contributed by atoms with Crippen molar-refractivity contribution in [3.8, 4) is 0 Å². The molecule has 16 heavy (non-hydrogen) atoms. The van der Waals surface area contributed by atoms with Crippen LogP contribution in [0, 0.1) is 0 Å². The average molecular weight is 231 g/mol. The standard InChI is InChI=1S/C11H21NO4/c1-7(2)15-9(13)8(3)12-10(14)16-11(4,5)6/h7-8H,1-6H3,(H,12,14)/t8-/m1/s1. The largest absolute Gasteiger partial charge is 0.461 e. The highest BCUT2D eigenvalue weighted by Gasteiger charge is 2.22. The molecule has 5 nitrogen and oxygen atoms in total. The van der Waals surface area contributed by atoms with E-state index in [0.29, 0.717) is 0 Å². The zero-order valence-corrected chi connectivity index (χ0v) is 10.8. The monoisotopic (exact) mass is 231 g/mol. The summed E-state index contributed by atoms with van der Waals surface area (Å²) >= 11 is 0. The lowest BCUT2D eigenvalue weighted by Gasteiger charge is -2.21. The topological polar surface area (TPSA) is 64.6 Å². The van der Waals surface area contributed by atoms with Gasteiger partial charge in [0.1, 0.15) is 11.6 Å². The Hall–Kier alpha value is -1.26. The number of rotatable bonds is 3. The van der Waals surface area contributed by atoms with Crippen molar-refractivity contribution in [3.05, 3.63) is 0 Å². The van der Waals surface area contributed by atoms with Crippen LogP contribution in [-0.4, -0.2) is 29.8 Å². The predicted molar refractivity (Wildman–Crippen MR) is 60.1 cm³/mol. The van der Waals surface area contributed by atoms with Crippen LogP contribution in [0.15, 0.2) is 0 Å². The summed E-state index contributed by atoms with van der Waals surface area (Å²) in [7, 11) is 0. The summed E-state index contributed by atoms with van der Waals surface area (Å²) in [6, 6.07) is -0.711. The van der Waals surface area contributed by atoms with Gasteiger partial charge in [-0.2, -0.15) is 0 Å². The molecule has 1 amide bonds. The summed E-state index contributed by atoms with van der Waals surface area (Å²) in [5.74, 6) is -0.471. The minimum absolute atomic E-state index is 0.199. The van der Waals surface area contributed by atoms with Crippen molar-refractivity contribution in [1.82, 2.24) is 5.32 Å². The second-order valence-electron chi connectivity index (χ2n) is 4.85. The number of esters is 1. The summed E-state index contributed by atoms with van der Waals surface area (Å²) in [6.45, 7) is 10.3. The van der Waals surface area contributed by atoms with E-state index < -0.39 is 23.7 Å². The smallest absolute Gasteiger partial charge is 0.408 e. The Labute approximate surface area is 96.5 Å². The molecule has 0 aliphatic rings. The van der Waals surface area contributed by atoms with Crippen LogP contribution in [0.1, 0.15) is 41.5 Å². The van der Waals surface area contributed by atoms with Gasteiger partial charge in [-0.3, -0.25) is 0 Å². The van der Waals surface area contributed by atoms with Gasteiger partial charge in [0.25, 0.3) is 0 Å². The van der Waals surface area contributed by atoms with Gasteiger partial charge in [-0.05, 0) is 41.5 Å². The van der Waals surface area contributed by atoms with E-state index in [9.17, 15) is 9.59 Å². The number of ether oxygens (including phenoxy) is 2. The third-order valence-corrected chi connectivity index (χ3v) is 1.44. The van der Waals surface area contributed by atoms with Crippen molar-refractivity contribution in [2.75, 3.05) is 0 Å². The van der Waals surface area contributed by atoms with E-state index in [0.717, 1.165) is 0 Å². The van der Waals surface area contributed by atoms with Crippen LogP contribution in [-0.2, 0) is 14.3 Å². The third-order valence-electron chi connectivity index (χ3n) is 1.44. The normalized spacial score (nSPS) is 13.2. The number of carbonyl (C=O) groups excluding carboxylic acids is 2. The fourth-order valence-electron chi connectivity index (χ4n) is 0.878. The Morgan fingerprint density at radius 1 is 1.12 bits per heavy atom. The summed E-state index contributed by atoms with van der Waals surface area (Å²) < 4.78 is 9.94. The van der Waals surface area contributed by atoms with Gasteiger partial charge in [-0.1, -0.05) is 0 Å². The van der Waals surface area contributed by atoms with Gasteiger partial charge in [0, 0.05) is 0 Å². The second-order valence-corrected chi connectivity index (χ2v) is 4.85. The highest BCUT2D eigenvalue weighted by molar-refractivity contribution is 5.81. The molecule has 0 aliphatic heterocycles. The van der Waals surface area contributed by atoms with E-state index in [1.165, 1.54) is 0 Å². The minimum Gasteiger partial charge on any atom is -0.461 e. The highest BCUT2D eigenvalue weighted by atomic mass is 16.6. The van der Waals surface area contributed by atoms with Crippen LogP contribution in [0.2, 0.25) is 0 Å². The number of hydrogen-bond acceptors (Lipinski definition) is 4. The Bertz CT molecular complexity index is 255. The van der Waals surface area contributed by atoms with Crippen molar-refractivity contribution in [3.63, 3.8) is 0 Å². The van der Waals surface area contributed by atoms with Crippen LogP contribution in [0.3, 0.4) is 0 Å². The van der Waals surface area contributed by atoms with Gasteiger partial charge in [-0.15, -0.1) is 0 Å². The molecule has 5 heteroatoms. The molecule has 0 aromatic rings. The number of hydrogen-bond donors (Lipinski definition) is 1. The van der Waals surface area contributed by atoms with Crippen molar-refractivity contribution in [2.24, 2.45) is 0 Å². The maximum Gasteiger partial charge on any atom is 0.408 e. The molecule has 1 atom stereocenters. The molecule has 1 N–H and O–H groups in total. The van der Waals surface area contributed by atoms with E-state index >= 15 is 0 Å². The molecule has 0 aromatic heterocycles. The summed E-state index contributed by atoms with van der Waals surface area (Å²) in [5.41, 5.74) is -0.578. The highest BCUT2D eigenvalue weighted by Crippen LogP contribution is 2.07. The van der Waals surface area contributed by atoms with E-state index in [1.54, 1.807) is 41.5 Å². The number of alkyl carbamates (subject to hydrolysis) is 1. The lowest BCUT2D eigenvalue weighted by Crippen LogP contribution is -2.42. The van der Waals surface area contributed by atoms with Crippen LogP contribution in [0.4, 0.5) is 4.79 Å². The van der Waals surface area contributed by atoms with Gasteiger partial charge in [0.15, 0.2) is 0 Å². The lowest BCUT2D eigenvalue weighted by atomic mass is 10.2. The van der Waals surface area contributed by atoms with Crippen LogP contribution >= 0.6 is 0 Å². The van der Waals surface area contributed by atoms with Crippen molar-refractivity contribution < 1.29 is 19.1 Å². The van der Waals surface area contributed by atoms with Gasteiger partial charge in [0.2, 0.25) is 0 Å². The molecule has 0 aliphatic carbocycles. The first-order valence-corrected chi connectivity index (χ1v) is 5.32. The lowest BCUT2D eigenvalue weighted by molar-refractivity contribution is -0.149. The van der Waals surface area contributed by atoms with Crippen LogP contribution in [0.25, 0.3) is 0 Å². The molecule has 0 heterocycles. The number of nitrogens with one attached hydrogen (secondary N) is 1. The van der Waals surface area contributed by atoms with Gasteiger partial charge in [-0.25, -0.2) is 9.59 Å². The van der Waals surface area contributed by atoms with Crippen molar-refractivity contribution in [2.45, 2.75) is 59.3 Å². The second kappa shape index (κ2) is 5.72. The van der Waals surface area contributed by atoms with Crippen LogP contribution < -0.4 is 5.32 Å². The molecule has 0 fully saturated rings. The molecule has 94 valence electrons. The van der Waals surface area contributed by atoms with E-state index in [4.69, 9.17) is 9.47 Å². The first-order chi connectivity index (χ1) is 7.11. The molecule has 0 radical (unpaired) electrons. The first kappa shape index (κ1) is 14.7. The summed E-state index contributed by atoms with van der Waals surface area (Å²) in [4.78, 5) is 22.7. The molecule has 0 rings (SSSR count). The van der Waals surface area contributed by atoms with Crippen molar-refractivity contribution >= 4 is 12.1 Å². The number of carbonyl (C=O) groups is 2. The SMILES string of the molecule is CC(C)OC(=O)[C@@H](C)NC(=O)OC(C)(C)C. The number of amides is 1. The average Bonchev–Trinajstić information content (AvgIpc) is 1.98. The third kappa shape index (κ3) is 7.09. The first-order valence-electron chi connectivity index (χ1n) is 5.32. The fourth-order valence-corrected chi connectivity index (χ4v) is 0.878. The minimum atomic E-state index is -0.711. The van der Waals surface area contributed by atoms with E-state index in [-0.39, 0.29) is 6.10 Å². The van der Waals surface area contributed by atoms with Crippen LogP contribution in [0.5, 0.6) is 0 Å². The zero-order valence-electron chi connectivity index (χ0n) is 10.8. The van der Waals surface area contributed by atoms with Gasteiger partial charge >= 0.3 is 12.1 Å². The molecular formula is C11H21NO4. The Morgan fingerprint density at radius 3 is 2.00 bits per heavy atom. The quantitative estimate of drug-likeness (QED) is 0.753. The zero-order chi connectivity index (χ0) is 12.9. The summed E-state index contributed by atoms with van der Waals surface area (Å²) in [5, 5.41) is 2.41. The molecule has 0 saturated carbocycles. The summed E-state index contributed by atoms with van der Waals surface area (Å²) in [6.07, 6.45) is -0.823. The maximum absolute atomic E-state index is 11.4. The molecular weight excluding hydrogens is 210 g/mol. The van der Waals surface area contributed by atoms with Crippen molar-refractivity contribution in [1.29, 1.82) is 0 Å². The Morgan fingerprint density at radius 2 is 1.62 bits per heavy atom. The molecule has 0 unspecified atom stereocenters. The molecule has 0 bridgehead atoms. The van der Waals surface area contributed by atoms with E-state index in [1.807, 2.05) is 0 Å². The Kier molecular flexibility index (Phi) is 5.27. The van der Waals surface area contributed by atoms with Gasteiger partial charge < -0.3 is 14.8 Å². The molecule has 0 saturated heterocycles. The van der Waals surface area contributed by atoms with E-state index in [2.05, 4.69) is 5.32 Å². The fraction of sp³-hybridized carbons (Fsp3) is 0.818. The maximum atomic E-state index is 11.4. The molecule has 0 aromatic carbocycles. The molecule has 0 spiro atoms.